The predicted molar refractivity (Wildman–Crippen MR) is 120 cm³/mol. The number of benzene rings is 2. The van der Waals surface area contributed by atoms with Crippen LogP contribution in [0.3, 0.4) is 0 Å². The van der Waals surface area contributed by atoms with Crippen molar-refractivity contribution in [3.05, 3.63) is 71.4 Å². The van der Waals surface area contributed by atoms with Crippen LogP contribution in [-0.4, -0.2) is 15.9 Å². The summed E-state index contributed by atoms with van der Waals surface area (Å²) in [5.74, 6) is 0. The SMILES string of the molecule is Br.Br.c1ccc(-c2ccc(-c3cn4c5c(sc4n3)CNCC5)cc2)cc1. The van der Waals surface area contributed by atoms with Crippen molar-refractivity contribution < 1.29 is 0 Å². The van der Waals surface area contributed by atoms with Crippen molar-refractivity contribution in [2.75, 3.05) is 6.54 Å². The molecule has 0 fully saturated rings. The van der Waals surface area contributed by atoms with E-state index in [0.717, 1.165) is 30.2 Å². The number of hydrogen-bond donors (Lipinski definition) is 1. The highest BCUT2D eigenvalue weighted by Gasteiger charge is 2.17. The minimum absolute atomic E-state index is 0. The molecule has 4 aromatic rings. The number of thiazole rings is 1. The van der Waals surface area contributed by atoms with Gasteiger partial charge in [0.25, 0.3) is 0 Å². The maximum Gasteiger partial charge on any atom is 0.194 e. The van der Waals surface area contributed by atoms with Gasteiger partial charge in [-0.1, -0.05) is 65.9 Å². The zero-order valence-electron chi connectivity index (χ0n) is 14.0. The van der Waals surface area contributed by atoms with Crippen LogP contribution >= 0.6 is 45.3 Å². The molecule has 3 nitrogen and oxygen atoms in total. The van der Waals surface area contributed by atoms with Crippen molar-refractivity contribution >= 4 is 50.3 Å². The van der Waals surface area contributed by atoms with E-state index in [0.29, 0.717) is 0 Å². The molecule has 0 amide bonds. The lowest BCUT2D eigenvalue weighted by Gasteiger charge is -2.11. The fourth-order valence-corrected chi connectivity index (χ4v) is 4.46. The summed E-state index contributed by atoms with van der Waals surface area (Å²) < 4.78 is 2.28. The summed E-state index contributed by atoms with van der Waals surface area (Å²) in [6, 6.07) is 19.2. The molecule has 0 atom stereocenters. The molecule has 1 aliphatic rings. The highest BCUT2D eigenvalue weighted by atomic mass is 79.9. The normalized spacial score (nSPS) is 12.9. The summed E-state index contributed by atoms with van der Waals surface area (Å²) in [5, 5.41) is 3.43. The first kappa shape index (κ1) is 19.3. The Kier molecular flexibility index (Phi) is 5.97. The Hall–Kier alpha value is -1.47. The quantitative estimate of drug-likeness (QED) is 0.398. The molecule has 0 saturated carbocycles. The van der Waals surface area contributed by atoms with Crippen molar-refractivity contribution in [3.8, 4) is 22.4 Å². The Bertz CT molecular complexity index is 1010. The number of nitrogens with one attached hydrogen (secondary N) is 1. The average molecular weight is 493 g/mol. The van der Waals surface area contributed by atoms with E-state index in [2.05, 4.69) is 64.4 Å². The predicted octanol–water partition coefficient (Wildman–Crippen LogP) is 5.53. The van der Waals surface area contributed by atoms with E-state index in [1.165, 1.54) is 27.3 Å². The third-order valence-electron chi connectivity index (χ3n) is 4.61. The Morgan fingerprint density at radius 2 is 1.58 bits per heavy atom. The van der Waals surface area contributed by atoms with Crippen LogP contribution < -0.4 is 5.32 Å². The van der Waals surface area contributed by atoms with Crippen LogP contribution in [0.4, 0.5) is 0 Å². The molecular formula is C20H19Br2N3S. The van der Waals surface area contributed by atoms with Gasteiger partial charge in [0.1, 0.15) is 0 Å². The number of aromatic nitrogens is 2. The van der Waals surface area contributed by atoms with Gasteiger partial charge >= 0.3 is 0 Å². The second-order valence-corrected chi connectivity index (χ2v) is 7.18. The lowest BCUT2D eigenvalue weighted by molar-refractivity contribution is 0.638. The Morgan fingerprint density at radius 1 is 0.885 bits per heavy atom. The van der Waals surface area contributed by atoms with Crippen molar-refractivity contribution in [1.82, 2.24) is 14.7 Å². The summed E-state index contributed by atoms with van der Waals surface area (Å²) in [6.07, 6.45) is 3.27. The van der Waals surface area contributed by atoms with Gasteiger partial charge in [-0.2, -0.15) is 0 Å². The topological polar surface area (TPSA) is 29.3 Å². The molecule has 2 aromatic heterocycles. The monoisotopic (exact) mass is 491 g/mol. The molecule has 3 heterocycles. The van der Waals surface area contributed by atoms with Crippen LogP contribution in [-0.2, 0) is 13.0 Å². The summed E-state index contributed by atoms with van der Waals surface area (Å²) >= 11 is 1.80. The molecule has 0 saturated heterocycles. The van der Waals surface area contributed by atoms with Crippen LogP contribution in [0.2, 0.25) is 0 Å². The molecule has 26 heavy (non-hydrogen) atoms. The van der Waals surface area contributed by atoms with Gasteiger partial charge in [0.15, 0.2) is 4.96 Å². The molecule has 0 spiro atoms. The minimum Gasteiger partial charge on any atom is -0.311 e. The summed E-state index contributed by atoms with van der Waals surface area (Å²) in [5.41, 5.74) is 6.14. The van der Waals surface area contributed by atoms with E-state index in [9.17, 15) is 0 Å². The van der Waals surface area contributed by atoms with Crippen molar-refractivity contribution in [1.29, 1.82) is 0 Å². The summed E-state index contributed by atoms with van der Waals surface area (Å²) in [6.45, 7) is 2.03. The van der Waals surface area contributed by atoms with Gasteiger partial charge in [-0.05, 0) is 11.1 Å². The van der Waals surface area contributed by atoms with E-state index in [1.54, 1.807) is 11.3 Å². The highest BCUT2D eigenvalue weighted by Crippen LogP contribution is 2.30. The first-order valence-corrected chi connectivity index (χ1v) is 9.06. The van der Waals surface area contributed by atoms with Gasteiger partial charge in [-0.3, -0.25) is 4.40 Å². The number of imidazole rings is 1. The Morgan fingerprint density at radius 3 is 2.35 bits per heavy atom. The van der Waals surface area contributed by atoms with Crippen molar-refractivity contribution in [2.24, 2.45) is 0 Å². The molecule has 5 rings (SSSR count). The van der Waals surface area contributed by atoms with Gasteiger partial charge < -0.3 is 5.32 Å². The van der Waals surface area contributed by atoms with Gasteiger partial charge in [0, 0.05) is 41.8 Å². The third kappa shape index (κ3) is 3.39. The minimum atomic E-state index is 0. The van der Waals surface area contributed by atoms with E-state index in [1.807, 2.05) is 6.07 Å². The number of nitrogens with zero attached hydrogens (tertiary/aromatic N) is 2. The van der Waals surface area contributed by atoms with E-state index in [-0.39, 0.29) is 34.0 Å². The zero-order chi connectivity index (χ0) is 15.9. The van der Waals surface area contributed by atoms with Crippen molar-refractivity contribution in [2.45, 2.75) is 13.0 Å². The molecule has 1 N–H and O–H groups in total. The van der Waals surface area contributed by atoms with Crippen molar-refractivity contribution in [3.63, 3.8) is 0 Å². The van der Waals surface area contributed by atoms with Crippen LogP contribution in [0, 0.1) is 0 Å². The number of hydrogen-bond acceptors (Lipinski definition) is 3. The maximum absolute atomic E-state index is 4.84. The number of fused-ring (bicyclic) bond motifs is 3. The molecule has 0 bridgehead atoms. The smallest absolute Gasteiger partial charge is 0.194 e. The third-order valence-corrected chi connectivity index (χ3v) is 5.71. The van der Waals surface area contributed by atoms with Crippen LogP contribution in [0.15, 0.2) is 60.8 Å². The number of rotatable bonds is 2. The van der Waals surface area contributed by atoms with Gasteiger partial charge in [0.2, 0.25) is 0 Å². The molecule has 6 heteroatoms. The summed E-state index contributed by atoms with van der Waals surface area (Å²) in [7, 11) is 0. The molecule has 2 aromatic carbocycles. The lowest BCUT2D eigenvalue weighted by atomic mass is 10.0. The molecular weight excluding hydrogens is 474 g/mol. The largest absolute Gasteiger partial charge is 0.311 e. The highest BCUT2D eigenvalue weighted by molar-refractivity contribution is 8.93. The van der Waals surface area contributed by atoms with Gasteiger partial charge in [0.05, 0.1) is 5.69 Å². The molecule has 0 unspecified atom stereocenters. The number of halogens is 2. The van der Waals surface area contributed by atoms with E-state index >= 15 is 0 Å². The fourth-order valence-electron chi connectivity index (χ4n) is 3.34. The fraction of sp³-hybridized carbons (Fsp3) is 0.150. The van der Waals surface area contributed by atoms with E-state index < -0.39 is 0 Å². The summed E-state index contributed by atoms with van der Waals surface area (Å²) in [4.78, 5) is 7.37. The zero-order valence-corrected chi connectivity index (χ0v) is 18.3. The van der Waals surface area contributed by atoms with E-state index in [4.69, 9.17) is 4.98 Å². The van der Waals surface area contributed by atoms with Crippen LogP contribution in [0.25, 0.3) is 27.3 Å². The van der Waals surface area contributed by atoms with Gasteiger partial charge in [-0.15, -0.1) is 34.0 Å². The molecule has 134 valence electrons. The second kappa shape index (κ2) is 8.05. The van der Waals surface area contributed by atoms with Crippen LogP contribution in [0.1, 0.15) is 10.6 Å². The average Bonchev–Trinajstić information content (AvgIpc) is 3.21. The van der Waals surface area contributed by atoms with Crippen LogP contribution in [0.5, 0.6) is 0 Å². The Labute approximate surface area is 177 Å². The lowest BCUT2D eigenvalue weighted by Crippen LogP contribution is -2.23. The van der Waals surface area contributed by atoms with Gasteiger partial charge in [-0.25, -0.2) is 4.98 Å². The second-order valence-electron chi connectivity index (χ2n) is 6.12. The standard InChI is InChI=1S/C20H17N3S.2BrH/c1-2-4-14(5-3-1)15-6-8-16(9-7-15)17-13-23-18-10-11-21-12-19(18)24-20(23)22-17;;/h1-9,13,21H,10-12H2;2*1H. The molecule has 1 aliphatic heterocycles. The first-order chi connectivity index (χ1) is 11.9. The molecule has 0 radical (unpaired) electrons. The molecule has 0 aliphatic carbocycles. The maximum atomic E-state index is 4.84. The first-order valence-electron chi connectivity index (χ1n) is 8.25. The Balaban J connectivity index is 0.000000980.